The third-order valence-electron chi connectivity index (χ3n) is 5.37. The Labute approximate surface area is 186 Å². The molecule has 0 saturated heterocycles. The Morgan fingerprint density at radius 2 is 1.90 bits per heavy atom. The molecule has 7 heteroatoms. The number of aryl methyl sites for hydroxylation is 1. The Kier molecular flexibility index (Phi) is 6.00. The van der Waals surface area contributed by atoms with Crippen LogP contribution in [0.15, 0.2) is 54.7 Å². The first-order chi connectivity index (χ1) is 15.0. The van der Waals surface area contributed by atoms with Crippen LogP contribution in [0.25, 0.3) is 10.9 Å². The average Bonchev–Trinajstić information content (AvgIpc) is 3.12. The molecule has 0 radical (unpaired) electrons. The van der Waals surface area contributed by atoms with Gasteiger partial charge in [0.05, 0.1) is 11.7 Å². The molecule has 158 valence electrons. The van der Waals surface area contributed by atoms with Crippen molar-refractivity contribution >= 4 is 28.4 Å². The number of carbonyl (C=O) groups excluding carboxylic acids is 1. The van der Waals surface area contributed by atoms with Gasteiger partial charge in [0.25, 0.3) is 5.91 Å². The predicted octanol–water partition coefficient (Wildman–Crippen LogP) is 4.67. The van der Waals surface area contributed by atoms with Crippen LogP contribution in [-0.4, -0.2) is 37.6 Å². The Morgan fingerprint density at radius 1 is 1.13 bits per heavy atom. The van der Waals surface area contributed by atoms with E-state index in [1.165, 1.54) is 0 Å². The van der Waals surface area contributed by atoms with Crippen molar-refractivity contribution in [3.05, 3.63) is 88.1 Å². The molecule has 0 N–H and O–H groups in total. The minimum atomic E-state index is -0.173. The number of hydrogen-bond donors (Lipinski definition) is 0. The van der Waals surface area contributed by atoms with Gasteiger partial charge < -0.3 is 4.90 Å². The third-order valence-corrected chi connectivity index (χ3v) is 5.61. The maximum Gasteiger partial charge on any atom is 0.273 e. The van der Waals surface area contributed by atoms with Crippen molar-refractivity contribution in [1.82, 2.24) is 24.6 Å². The van der Waals surface area contributed by atoms with Gasteiger partial charge in [0.15, 0.2) is 0 Å². The van der Waals surface area contributed by atoms with Gasteiger partial charge in [-0.2, -0.15) is 5.10 Å². The summed E-state index contributed by atoms with van der Waals surface area (Å²) in [6, 6.07) is 15.4. The van der Waals surface area contributed by atoms with Gasteiger partial charge in [-0.25, -0.2) is 9.97 Å². The van der Waals surface area contributed by atoms with E-state index in [0.29, 0.717) is 40.4 Å². The van der Waals surface area contributed by atoms with Gasteiger partial charge in [-0.15, -0.1) is 0 Å². The maximum atomic E-state index is 13.4. The zero-order chi connectivity index (χ0) is 22.0. The second kappa shape index (κ2) is 8.86. The van der Waals surface area contributed by atoms with Crippen molar-refractivity contribution in [3.63, 3.8) is 0 Å². The van der Waals surface area contributed by atoms with Crippen molar-refractivity contribution < 1.29 is 4.79 Å². The highest BCUT2D eigenvalue weighted by molar-refractivity contribution is 6.31. The molecule has 31 heavy (non-hydrogen) atoms. The third kappa shape index (κ3) is 4.44. The second-order valence-electron chi connectivity index (χ2n) is 7.54. The van der Waals surface area contributed by atoms with E-state index in [1.807, 2.05) is 61.1 Å². The molecular formula is C24H24ClN5O. The van der Waals surface area contributed by atoms with Gasteiger partial charge in [0, 0.05) is 48.2 Å². The lowest BCUT2D eigenvalue weighted by Gasteiger charge is -2.18. The van der Waals surface area contributed by atoms with Crippen LogP contribution in [0.5, 0.6) is 0 Å². The number of carbonyl (C=O) groups is 1. The Morgan fingerprint density at radius 3 is 2.61 bits per heavy atom. The lowest BCUT2D eigenvalue weighted by Crippen LogP contribution is -2.28. The smallest absolute Gasteiger partial charge is 0.273 e. The molecule has 2 heterocycles. The minimum Gasteiger partial charge on any atom is -0.336 e. The number of fused-ring (bicyclic) bond motifs is 1. The maximum absolute atomic E-state index is 13.4. The quantitative estimate of drug-likeness (QED) is 0.443. The van der Waals surface area contributed by atoms with Crippen LogP contribution >= 0.6 is 11.6 Å². The minimum absolute atomic E-state index is 0.173. The summed E-state index contributed by atoms with van der Waals surface area (Å²) in [6.45, 7) is 5.30. The van der Waals surface area contributed by atoms with E-state index in [-0.39, 0.29) is 5.91 Å². The van der Waals surface area contributed by atoms with E-state index in [9.17, 15) is 4.79 Å². The van der Waals surface area contributed by atoms with Gasteiger partial charge in [0.1, 0.15) is 11.5 Å². The molecule has 0 saturated carbocycles. The number of aromatic nitrogens is 4. The summed E-state index contributed by atoms with van der Waals surface area (Å²) >= 11 is 6.22. The number of halogens is 1. The van der Waals surface area contributed by atoms with Crippen molar-refractivity contribution in [2.75, 3.05) is 7.05 Å². The largest absolute Gasteiger partial charge is 0.336 e. The molecule has 0 atom stereocenters. The van der Waals surface area contributed by atoms with E-state index in [0.717, 1.165) is 23.4 Å². The Balaban J connectivity index is 1.70. The molecule has 2 aromatic heterocycles. The molecule has 0 aliphatic heterocycles. The number of benzene rings is 2. The van der Waals surface area contributed by atoms with Crippen LogP contribution in [0, 0.1) is 6.92 Å². The zero-order valence-electron chi connectivity index (χ0n) is 17.8. The molecule has 0 spiro atoms. The predicted molar refractivity (Wildman–Crippen MR) is 122 cm³/mol. The number of nitrogens with zero attached hydrogens (tertiary/aromatic N) is 5. The van der Waals surface area contributed by atoms with Crippen molar-refractivity contribution in [1.29, 1.82) is 0 Å². The van der Waals surface area contributed by atoms with E-state index in [4.69, 9.17) is 11.6 Å². The molecule has 1 amide bonds. The molecule has 0 aliphatic carbocycles. The number of amides is 1. The van der Waals surface area contributed by atoms with Crippen molar-refractivity contribution in [3.8, 4) is 0 Å². The fourth-order valence-electron chi connectivity index (χ4n) is 3.64. The first kappa shape index (κ1) is 21.0. The summed E-state index contributed by atoms with van der Waals surface area (Å²) < 4.78 is 1.92. The van der Waals surface area contributed by atoms with Crippen molar-refractivity contribution in [2.24, 2.45) is 0 Å². The van der Waals surface area contributed by atoms with Crippen LogP contribution in [0.2, 0.25) is 5.02 Å². The van der Waals surface area contributed by atoms with Crippen molar-refractivity contribution in [2.45, 2.75) is 33.4 Å². The normalized spacial score (nSPS) is 11.1. The fraction of sp³-hybridized carbons (Fsp3) is 0.250. The average molecular weight is 434 g/mol. The van der Waals surface area contributed by atoms with Crippen LogP contribution in [0.4, 0.5) is 0 Å². The molecule has 2 aromatic carbocycles. The monoisotopic (exact) mass is 433 g/mol. The topological polar surface area (TPSA) is 63.9 Å². The summed E-state index contributed by atoms with van der Waals surface area (Å²) in [4.78, 5) is 24.4. The van der Waals surface area contributed by atoms with E-state index < -0.39 is 0 Å². The molecule has 4 rings (SSSR count). The molecule has 6 nitrogen and oxygen atoms in total. The first-order valence-corrected chi connectivity index (χ1v) is 10.6. The molecular weight excluding hydrogens is 410 g/mol. The SMILES string of the molecule is CCn1ncc(CN(C)C(=O)c2nc(Cc3ccccc3)nc3ccc(Cl)cc23)c1C. The van der Waals surface area contributed by atoms with Crippen LogP contribution in [0.3, 0.4) is 0 Å². The van der Waals surface area contributed by atoms with Gasteiger partial charge >= 0.3 is 0 Å². The Bertz CT molecular complexity index is 1240. The van der Waals surface area contributed by atoms with Gasteiger partial charge in [-0.05, 0) is 37.6 Å². The second-order valence-corrected chi connectivity index (χ2v) is 7.98. The van der Waals surface area contributed by atoms with E-state index in [2.05, 4.69) is 15.1 Å². The molecule has 4 aromatic rings. The van der Waals surface area contributed by atoms with Gasteiger partial charge in [0.2, 0.25) is 0 Å². The summed E-state index contributed by atoms with van der Waals surface area (Å²) in [7, 11) is 1.78. The molecule has 0 fully saturated rings. The number of hydrogen-bond acceptors (Lipinski definition) is 4. The fourth-order valence-corrected chi connectivity index (χ4v) is 3.81. The lowest BCUT2D eigenvalue weighted by atomic mass is 10.1. The van der Waals surface area contributed by atoms with Gasteiger partial charge in [-0.3, -0.25) is 9.48 Å². The molecule has 0 aliphatic rings. The highest BCUT2D eigenvalue weighted by atomic mass is 35.5. The standard InChI is InChI=1S/C24H24ClN5O/c1-4-30-16(2)18(14-26-30)15-29(3)24(31)23-20-13-19(25)10-11-21(20)27-22(28-23)12-17-8-6-5-7-9-17/h5-11,13-14H,4,12,15H2,1-3H3. The zero-order valence-corrected chi connectivity index (χ0v) is 18.6. The van der Waals surface area contributed by atoms with E-state index in [1.54, 1.807) is 24.1 Å². The summed E-state index contributed by atoms with van der Waals surface area (Å²) in [6.07, 6.45) is 2.37. The Hall–Kier alpha value is -3.25. The highest BCUT2D eigenvalue weighted by Crippen LogP contribution is 2.23. The summed E-state index contributed by atoms with van der Waals surface area (Å²) in [5, 5.41) is 5.58. The van der Waals surface area contributed by atoms with Gasteiger partial charge in [-0.1, -0.05) is 41.9 Å². The summed E-state index contributed by atoms with van der Waals surface area (Å²) in [5.74, 6) is 0.431. The highest BCUT2D eigenvalue weighted by Gasteiger charge is 2.20. The van der Waals surface area contributed by atoms with Crippen LogP contribution < -0.4 is 0 Å². The summed E-state index contributed by atoms with van der Waals surface area (Å²) in [5.41, 5.74) is 4.23. The molecule has 0 bridgehead atoms. The number of rotatable bonds is 6. The first-order valence-electron chi connectivity index (χ1n) is 10.2. The van der Waals surface area contributed by atoms with Crippen LogP contribution in [-0.2, 0) is 19.5 Å². The lowest BCUT2D eigenvalue weighted by molar-refractivity contribution is 0.0781. The molecule has 0 unspecified atom stereocenters. The van der Waals surface area contributed by atoms with Crippen LogP contribution in [0.1, 0.15) is 40.1 Å². The van der Waals surface area contributed by atoms with E-state index >= 15 is 0 Å².